The van der Waals surface area contributed by atoms with Gasteiger partial charge in [-0.2, -0.15) is 0 Å². The maximum Gasteiger partial charge on any atom is 0.331 e. The zero-order chi connectivity index (χ0) is 13.1. The van der Waals surface area contributed by atoms with Crippen molar-refractivity contribution in [1.29, 1.82) is 0 Å². The molecular weight excluding hydrogens is 232 g/mol. The highest BCUT2D eigenvalue weighted by atomic mass is 16.3. The number of hydrogen-bond donors (Lipinski definition) is 2. The van der Waals surface area contributed by atoms with Gasteiger partial charge >= 0.3 is 5.69 Å². The first-order valence-corrected chi connectivity index (χ1v) is 6.36. The average molecular weight is 250 g/mol. The number of H-pyrrole nitrogens is 1. The standard InChI is InChI=1S/C13H18N2O3/c1-2-10-11(16)14-13(18)15(12(10)17)8-7-9-5-3-4-6-9/h5,17H,2-4,6-8H2,1H3,(H,14,16,18). The number of rotatable bonds is 4. The van der Waals surface area contributed by atoms with Gasteiger partial charge in [-0.15, -0.1) is 0 Å². The number of nitrogens with one attached hydrogen (secondary N) is 1. The number of nitrogens with zero attached hydrogens (tertiary/aromatic N) is 1. The van der Waals surface area contributed by atoms with E-state index in [1.54, 1.807) is 6.92 Å². The average Bonchev–Trinajstić information content (AvgIpc) is 2.81. The van der Waals surface area contributed by atoms with Gasteiger partial charge in [0.25, 0.3) is 5.56 Å². The van der Waals surface area contributed by atoms with Crippen LogP contribution >= 0.6 is 0 Å². The minimum Gasteiger partial charge on any atom is -0.494 e. The third kappa shape index (κ3) is 2.39. The van der Waals surface area contributed by atoms with Crippen molar-refractivity contribution >= 4 is 0 Å². The summed E-state index contributed by atoms with van der Waals surface area (Å²) in [7, 11) is 0. The first-order valence-electron chi connectivity index (χ1n) is 6.36. The molecule has 5 heteroatoms. The molecule has 1 aromatic heterocycles. The molecule has 0 radical (unpaired) electrons. The molecule has 0 spiro atoms. The molecule has 0 fully saturated rings. The predicted molar refractivity (Wildman–Crippen MR) is 68.9 cm³/mol. The van der Waals surface area contributed by atoms with Crippen LogP contribution in [-0.2, 0) is 13.0 Å². The lowest BCUT2D eigenvalue weighted by Crippen LogP contribution is -2.32. The number of hydrogen-bond acceptors (Lipinski definition) is 3. The van der Waals surface area contributed by atoms with E-state index in [0.717, 1.165) is 19.3 Å². The second kappa shape index (κ2) is 5.25. The lowest BCUT2D eigenvalue weighted by Gasteiger charge is -2.10. The predicted octanol–water partition coefficient (Wildman–Crippen LogP) is 1.30. The van der Waals surface area contributed by atoms with E-state index in [1.807, 2.05) is 0 Å². The van der Waals surface area contributed by atoms with Crippen molar-refractivity contribution in [2.75, 3.05) is 0 Å². The second-order valence-corrected chi connectivity index (χ2v) is 4.57. The number of aromatic amines is 1. The smallest absolute Gasteiger partial charge is 0.331 e. The SMILES string of the molecule is CCc1c(O)n(CCC2=CCCC2)c(=O)[nH]c1=O. The summed E-state index contributed by atoms with van der Waals surface area (Å²) in [5.74, 6) is -0.190. The highest BCUT2D eigenvalue weighted by Crippen LogP contribution is 2.21. The lowest BCUT2D eigenvalue weighted by atomic mass is 10.1. The fraction of sp³-hybridized carbons (Fsp3) is 0.538. The van der Waals surface area contributed by atoms with Gasteiger partial charge in [-0.3, -0.25) is 14.3 Å². The maximum atomic E-state index is 11.7. The summed E-state index contributed by atoms with van der Waals surface area (Å²) in [4.78, 5) is 25.4. The Morgan fingerprint density at radius 2 is 2.22 bits per heavy atom. The molecule has 0 unspecified atom stereocenters. The van der Waals surface area contributed by atoms with Crippen LogP contribution in [0.4, 0.5) is 0 Å². The van der Waals surface area contributed by atoms with Crippen LogP contribution in [0.5, 0.6) is 5.88 Å². The third-order valence-electron chi connectivity index (χ3n) is 3.41. The van der Waals surface area contributed by atoms with Crippen molar-refractivity contribution in [3.05, 3.63) is 38.1 Å². The molecule has 5 nitrogen and oxygen atoms in total. The Bertz CT molecular complexity index is 581. The summed E-state index contributed by atoms with van der Waals surface area (Å²) in [6, 6.07) is 0. The summed E-state index contributed by atoms with van der Waals surface area (Å²) in [6.45, 7) is 2.19. The van der Waals surface area contributed by atoms with Crippen molar-refractivity contribution in [3.63, 3.8) is 0 Å². The van der Waals surface area contributed by atoms with Gasteiger partial charge in [0.1, 0.15) is 0 Å². The first kappa shape index (κ1) is 12.7. The third-order valence-corrected chi connectivity index (χ3v) is 3.41. The molecule has 1 aromatic rings. The quantitative estimate of drug-likeness (QED) is 0.791. The molecule has 0 saturated carbocycles. The van der Waals surface area contributed by atoms with Crippen molar-refractivity contribution < 1.29 is 5.11 Å². The summed E-state index contributed by atoms with van der Waals surface area (Å²) < 4.78 is 1.25. The van der Waals surface area contributed by atoms with Crippen LogP contribution in [-0.4, -0.2) is 14.7 Å². The Morgan fingerprint density at radius 3 is 2.83 bits per heavy atom. The largest absolute Gasteiger partial charge is 0.494 e. The van der Waals surface area contributed by atoms with Gasteiger partial charge in [0.15, 0.2) is 0 Å². The summed E-state index contributed by atoms with van der Waals surface area (Å²) in [5, 5.41) is 9.95. The Labute approximate surface area is 105 Å². The molecule has 1 aliphatic carbocycles. The van der Waals surface area contributed by atoms with Crippen molar-refractivity contribution in [1.82, 2.24) is 9.55 Å². The fourth-order valence-electron chi connectivity index (χ4n) is 2.35. The minimum absolute atomic E-state index is 0.190. The van der Waals surface area contributed by atoms with Crippen LogP contribution in [0.3, 0.4) is 0 Å². The van der Waals surface area contributed by atoms with E-state index >= 15 is 0 Å². The number of aromatic nitrogens is 2. The second-order valence-electron chi connectivity index (χ2n) is 4.57. The van der Waals surface area contributed by atoms with Crippen LogP contribution in [0.15, 0.2) is 21.2 Å². The van der Waals surface area contributed by atoms with Gasteiger partial charge in [-0.25, -0.2) is 4.79 Å². The molecule has 0 aliphatic heterocycles. The summed E-state index contributed by atoms with van der Waals surface area (Å²) >= 11 is 0. The number of aromatic hydroxyl groups is 1. The minimum atomic E-state index is -0.534. The van der Waals surface area contributed by atoms with Gasteiger partial charge in [-0.05, 0) is 32.1 Å². The van der Waals surface area contributed by atoms with E-state index in [1.165, 1.54) is 16.6 Å². The first-order chi connectivity index (χ1) is 8.63. The highest BCUT2D eigenvalue weighted by Gasteiger charge is 2.13. The van der Waals surface area contributed by atoms with E-state index in [4.69, 9.17) is 0 Å². The molecule has 0 bridgehead atoms. The Hall–Kier alpha value is -1.78. The highest BCUT2D eigenvalue weighted by molar-refractivity contribution is 5.22. The lowest BCUT2D eigenvalue weighted by molar-refractivity contribution is 0.393. The fourth-order valence-corrected chi connectivity index (χ4v) is 2.35. The zero-order valence-corrected chi connectivity index (χ0v) is 10.5. The molecule has 98 valence electrons. The molecular formula is C13H18N2O3. The number of allylic oxidation sites excluding steroid dienone is 2. The van der Waals surface area contributed by atoms with E-state index in [-0.39, 0.29) is 11.4 Å². The van der Waals surface area contributed by atoms with Crippen molar-refractivity contribution in [3.8, 4) is 5.88 Å². The van der Waals surface area contributed by atoms with E-state index in [2.05, 4.69) is 11.1 Å². The van der Waals surface area contributed by atoms with Crippen LogP contribution in [0.1, 0.15) is 38.2 Å². The van der Waals surface area contributed by atoms with Crippen LogP contribution in [0.25, 0.3) is 0 Å². The van der Waals surface area contributed by atoms with Crippen molar-refractivity contribution in [2.24, 2.45) is 0 Å². The van der Waals surface area contributed by atoms with Crippen LogP contribution in [0.2, 0.25) is 0 Å². The molecule has 2 rings (SSSR count). The van der Waals surface area contributed by atoms with E-state index in [0.29, 0.717) is 13.0 Å². The molecule has 0 amide bonds. The molecule has 0 atom stereocenters. The molecule has 0 saturated heterocycles. The van der Waals surface area contributed by atoms with E-state index < -0.39 is 11.2 Å². The molecule has 0 aromatic carbocycles. The van der Waals surface area contributed by atoms with Crippen molar-refractivity contribution in [2.45, 2.75) is 45.6 Å². The van der Waals surface area contributed by atoms with Gasteiger partial charge in [0.2, 0.25) is 5.88 Å². The normalized spacial score (nSPS) is 14.8. The van der Waals surface area contributed by atoms with Crippen LogP contribution in [0, 0.1) is 0 Å². The topological polar surface area (TPSA) is 75.1 Å². The molecule has 2 N–H and O–H groups in total. The maximum absolute atomic E-state index is 11.7. The Kier molecular flexibility index (Phi) is 3.69. The van der Waals surface area contributed by atoms with Crippen LogP contribution < -0.4 is 11.2 Å². The molecule has 1 heterocycles. The van der Waals surface area contributed by atoms with Gasteiger partial charge in [0, 0.05) is 6.54 Å². The van der Waals surface area contributed by atoms with Gasteiger partial charge in [0.05, 0.1) is 5.56 Å². The summed E-state index contributed by atoms with van der Waals surface area (Å²) in [5.41, 5.74) is 0.574. The Balaban J connectivity index is 2.27. The molecule has 18 heavy (non-hydrogen) atoms. The summed E-state index contributed by atoms with van der Waals surface area (Å²) in [6.07, 6.45) is 6.69. The zero-order valence-electron chi connectivity index (χ0n) is 10.5. The monoisotopic (exact) mass is 250 g/mol. The van der Waals surface area contributed by atoms with Gasteiger partial charge < -0.3 is 5.11 Å². The van der Waals surface area contributed by atoms with E-state index in [9.17, 15) is 14.7 Å². The molecule has 1 aliphatic rings. The van der Waals surface area contributed by atoms with Gasteiger partial charge in [-0.1, -0.05) is 18.6 Å². The Morgan fingerprint density at radius 1 is 1.44 bits per heavy atom.